The van der Waals surface area contributed by atoms with Crippen molar-refractivity contribution in [2.75, 3.05) is 13.6 Å². The third-order valence-electron chi connectivity index (χ3n) is 4.86. The largest absolute Gasteiger partial charge is 0.494 e. The van der Waals surface area contributed by atoms with Crippen molar-refractivity contribution >= 4 is 23.5 Å². The van der Waals surface area contributed by atoms with Gasteiger partial charge < -0.3 is 15.3 Å². The molecular formula is C20H27N5O4. The Bertz CT molecular complexity index is 1030. The predicted molar refractivity (Wildman–Crippen MR) is 109 cm³/mol. The monoisotopic (exact) mass is 401 g/mol. The Morgan fingerprint density at radius 1 is 1.41 bits per heavy atom. The first kappa shape index (κ1) is 20.6. The molecule has 9 heteroatoms. The molecule has 1 fully saturated rings. The van der Waals surface area contributed by atoms with Crippen LogP contribution < -0.4 is 10.9 Å². The van der Waals surface area contributed by atoms with E-state index in [0.29, 0.717) is 24.3 Å². The highest BCUT2D eigenvalue weighted by atomic mass is 16.3. The van der Waals surface area contributed by atoms with Gasteiger partial charge in [-0.15, -0.1) is 0 Å². The van der Waals surface area contributed by atoms with Gasteiger partial charge in [0.2, 0.25) is 11.8 Å². The quantitative estimate of drug-likeness (QED) is 0.679. The van der Waals surface area contributed by atoms with E-state index in [0.717, 1.165) is 17.4 Å². The molecule has 0 atom stereocenters. The molecule has 2 heterocycles. The number of aromatic nitrogens is 3. The standard InChI is InChI=1S/C20H27N5O4/c1-5-23(4)15(26)9-6-13-10-21-25-18(13)24(11-12(2)3)19(28)16(20(25)29)17(27)22-14-7-8-14/h6,9-10,12,14,28H,5,7-8,11H2,1-4H3,(H,22,27). The maximum Gasteiger partial charge on any atom is 0.291 e. The summed E-state index contributed by atoms with van der Waals surface area (Å²) >= 11 is 0. The first-order valence-electron chi connectivity index (χ1n) is 9.82. The Labute approximate surface area is 168 Å². The smallest absolute Gasteiger partial charge is 0.291 e. The zero-order valence-corrected chi connectivity index (χ0v) is 17.2. The van der Waals surface area contributed by atoms with Gasteiger partial charge in [-0.1, -0.05) is 13.8 Å². The second-order valence-corrected chi connectivity index (χ2v) is 7.78. The van der Waals surface area contributed by atoms with Crippen LogP contribution >= 0.6 is 0 Å². The molecule has 2 aromatic heterocycles. The zero-order valence-electron chi connectivity index (χ0n) is 17.2. The molecule has 0 aromatic carbocycles. The molecule has 0 spiro atoms. The van der Waals surface area contributed by atoms with E-state index in [4.69, 9.17) is 0 Å². The van der Waals surface area contributed by atoms with Crippen LogP contribution in [0.3, 0.4) is 0 Å². The van der Waals surface area contributed by atoms with Gasteiger partial charge in [0.05, 0.1) is 6.20 Å². The third kappa shape index (κ3) is 4.18. The number of carbonyl (C=O) groups excluding carboxylic acids is 2. The van der Waals surface area contributed by atoms with Crippen molar-refractivity contribution in [2.24, 2.45) is 5.92 Å². The van der Waals surface area contributed by atoms with Crippen molar-refractivity contribution in [1.29, 1.82) is 0 Å². The van der Waals surface area contributed by atoms with Crippen LogP contribution in [0.2, 0.25) is 0 Å². The molecule has 0 bridgehead atoms. The summed E-state index contributed by atoms with van der Waals surface area (Å²) in [6.07, 6.45) is 6.15. The number of likely N-dealkylation sites (N-methyl/N-ethyl adjacent to an activating group) is 1. The Balaban J connectivity index is 2.14. The van der Waals surface area contributed by atoms with Crippen LogP contribution in [-0.2, 0) is 11.3 Å². The Hall–Kier alpha value is -3.10. The average Bonchev–Trinajstić information content (AvgIpc) is 3.38. The fraction of sp³-hybridized carbons (Fsp3) is 0.500. The minimum Gasteiger partial charge on any atom is -0.494 e. The Morgan fingerprint density at radius 3 is 2.69 bits per heavy atom. The van der Waals surface area contributed by atoms with Gasteiger partial charge in [-0.25, -0.2) is 0 Å². The molecule has 3 rings (SSSR count). The second kappa shape index (κ2) is 8.10. The van der Waals surface area contributed by atoms with E-state index in [2.05, 4.69) is 10.4 Å². The van der Waals surface area contributed by atoms with Gasteiger partial charge in [0.25, 0.3) is 11.5 Å². The third-order valence-corrected chi connectivity index (χ3v) is 4.86. The SMILES string of the molecule is CCN(C)C(=O)C=Cc1cnn2c(=O)c(C(=O)NC3CC3)c(O)n(CC(C)C)c12. The molecule has 29 heavy (non-hydrogen) atoms. The molecule has 2 aromatic rings. The van der Waals surface area contributed by atoms with Crippen LogP contribution in [-0.4, -0.2) is 55.6 Å². The highest BCUT2D eigenvalue weighted by molar-refractivity contribution is 5.97. The highest BCUT2D eigenvalue weighted by Crippen LogP contribution is 2.24. The summed E-state index contributed by atoms with van der Waals surface area (Å²) in [4.78, 5) is 39.1. The molecule has 0 aliphatic heterocycles. The van der Waals surface area contributed by atoms with E-state index in [1.54, 1.807) is 18.0 Å². The molecular weight excluding hydrogens is 374 g/mol. The van der Waals surface area contributed by atoms with Crippen molar-refractivity contribution in [3.8, 4) is 5.88 Å². The van der Waals surface area contributed by atoms with E-state index in [-0.39, 0.29) is 29.3 Å². The Morgan fingerprint density at radius 2 is 2.10 bits per heavy atom. The normalized spacial score (nSPS) is 14.1. The van der Waals surface area contributed by atoms with Crippen LogP contribution in [0.1, 0.15) is 49.5 Å². The van der Waals surface area contributed by atoms with Gasteiger partial charge in [-0.05, 0) is 31.8 Å². The molecule has 1 saturated carbocycles. The first-order chi connectivity index (χ1) is 13.7. The number of carbonyl (C=O) groups is 2. The number of rotatable bonds is 7. The minimum atomic E-state index is -0.688. The fourth-order valence-electron chi connectivity index (χ4n) is 2.99. The van der Waals surface area contributed by atoms with E-state index < -0.39 is 11.5 Å². The molecule has 0 radical (unpaired) electrons. The summed E-state index contributed by atoms with van der Waals surface area (Å²) in [5.41, 5.74) is -0.157. The van der Waals surface area contributed by atoms with Gasteiger partial charge in [-0.3, -0.25) is 19.0 Å². The lowest BCUT2D eigenvalue weighted by Crippen LogP contribution is -2.34. The summed E-state index contributed by atoms with van der Waals surface area (Å²) in [5, 5.41) is 17.7. The summed E-state index contributed by atoms with van der Waals surface area (Å²) < 4.78 is 2.62. The van der Waals surface area contributed by atoms with Crippen LogP contribution in [0.4, 0.5) is 0 Å². The number of nitrogens with zero attached hydrogens (tertiary/aromatic N) is 4. The van der Waals surface area contributed by atoms with E-state index in [1.807, 2.05) is 20.8 Å². The predicted octanol–water partition coefficient (Wildman–Crippen LogP) is 1.24. The highest BCUT2D eigenvalue weighted by Gasteiger charge is 2.29. The summed E-state index contributed by atoms with van der Waals surface area (Å²) in [6, 6.07) is 0.0493. The van der Waals surface area contributed by atoms with Gasteiger partial charge >= 0.3 is 0 Å². The molecule has 1 aliphatic rings. The molecule has 0 saturated heterocycles. The van der Waals surface area contributed by atoms with Crippen molar-refractivity contribution in [3.05, 3.63) is 33.8 Å². The lowest BCUT2D eigenvalue weighted by molar-refractivity contribution is -0.124. The van der Waals surface area contributed by atoms with Crippen LogP contribution in [0.5, 0.6) is 5.88 Å². The maximum absolute atomic E-state index is 12.9. The number of amides is 2. The second-order valence-electron chi connectivity index (χ2n) is 7.78. The minimum absolute atomic E-state index is 0.0493. The molecule has 0 unspecified atom stereocenters. The van der Waals surface area contributed by atoms with Crippen molar-refractivity contribution in [3.63, 3.8) is 0 Å². The van der Waals surface area contributed by atoms with E-state index in [1.165, 1.54) is 16.8 Å². The van der Waals surface area contributed by atoms with E-state index >= 15 is 0 Å². The van der Waals surface area contributed by atoms with Crippen molar-refractivity contribution in [2.45, 2.75) is 46.2 Å². The first-order valence-corrected chi connectivity index (χ1v) is 9.82. The van der Waals surface area contributed by atoms with Gasteiger partial charge in [0, 0.05) is 37.8 Å². The molecule has 1 aliphatic carbocycles. The number of fused-ring (bicyclic) bond motifs is 1. The number of hydrogen-bond acceptors (Lipinski definition) is 5. The molecule has 2 N–H and O–H groups in total. The van der Waals surface area contributed by atoms with Gasteiger partial charge in [0.15, 0.2) is 5.56 Å². The van der Waals surface area contributed by atoms with Crippen molar-refractivity contribution < 1.29 is 14.7 Å². The maximum atomic E-state index is 12.9. The molecule has 156 valence electrons. The van der Waals surface area contributed by atoms with Crippen LogP contribution in [0.25, 0.3) is 11.7 Å². The average molecular weight is 401 g/mol. The fourth-order valence-corrected chi connectivity index (χ4v) is 2.99. The number of hydrogen-bond donors (Lipinski definition) is 2. The van der Waals surface area contributed by atoms with E-state index in [9.17, 15) is 19.5 Å². The summed E-state index contributed by atoms with van der Waals surface area (Å²) in [6.45, 7) is 6.73. The lowest BCUT2D eigenvalue weighted by atomic mass is 10.2. The lowest BCUT2D eigenvalue weighted by Gasteiger charge is -2.17. The Kier molecular flexibility index (Phi) is 5.76. The van der Waals surface area contributed by atoms with Crippen LogP contribution in [0.15, 0.2) is 17.1 Å². The zero-order chi connectivity index (χ0) is 21.3. The van der Waals surface area contributed by atoms with Crippen molar-refractivity contribution in [1.82, 2.24) is 24.4 Å². The molecule has 2 amide bonds. The summed E-state index contributed by atoms with van der Waals surface area (Å²) in [5.74, 6) is -1.04. The van der Waals surface area contributed by atoms with Gasteiger partial charge in [-0.2, -0.15) is 9.61 Å². The number of nitrogens with one attached hydrogen (secondary N) is 1. The topological polar surface area (TPSA) is 109 Å². The number of aromatic hydroxyl groups is 1. The van der Waals surface area contributed by atoms with Crippen LogP contribution in [0, 0.1) is 5.92 Å². The summed E-state index contributed by atoms with van der Waals surface area (Å²) in [7, 11) is 1.69. The molecule has 9 nitrogen and oxygen atoms in total. The van der Waals surface area contributed by atoms with Gasteiger partial charge in [0.1, 0.15) is 5.65 Å².